The third kappa shape index (κ3) is 3.88. The van der Waals surface area contributed by atoms with E-state index in [9.17, 15) is 13.2 Å². The first-order valence-electron chi connectivity index (χ1n) is 8.33. The molecule has 8 nitrogen and oxygen atoms in total. The number of benzene rings is 1. The maximum Gasteiger partial charge on any atom is 0.262 e. The number of nitrogens with zero attached hydrogens (tertiary/aromatic N) is 3. The monoisotopic (exact) mass is 378 g/mol. The summed E-state index contributed by atoms with van der Waals surface area (Å²) in [5, 5.41) is 2.85. The number of carbonyl (C=O) groups is 1. The van der Waals surface area contributed by atoms with Crippen LogP contribution in [0.2, 0.25) is 0 Å². The second-order valence-electron chi connectivity index (χ2n) is 6.30. The van der Waals surface area contributed by atoms with Gasteiger partial charge in [-0.05, 0) is 25.0 Å². The molecule has 0 bridgehead atoms. The van der Waals surface area contributed by atoms with Gasteiger partial charge >= 0.3 is 0 Å². The minimum atomic E-state index is -3.69. The molecule has 1 atom stereocenters. The Balaban J connectivity index is 1.70. The highest BCUT2D eigenvalue weighted by Gasteiger charge is 2.34. The van der Waals surface area contributed by atoms with Gasteiger partial charge in [0.25, 0.3) is 10.0 Å². The zero-order chi connectivity index (χ0) is 18.7. The van der Waals surface area contributed by atoms with Gasteiger partial charge in [-0.2, -0.15) is 4.31 Å². The third-order valence-electron chi connectivity index (χ3n) is 4.38. The molecule has 2 heterocycles. The molecule has 1 aromatic carbocycles. The predicted molar refractivity (Wildman–Crippen MR) is 96.3 cm³/mol. The number of hydrogen-bond donors (Lipinski definition) is 1. The van der Waals surface area contributed by atoms with Crippen molar-refractivity contribution in [2.75, 3.05) is 25.5 Å². The number of rotatable bonds is 5. The van der Waals surface area contributed by atoms with Crippen LogP contribution >= 0.6 is 0 Å². The number of hydrogen-bond acceptors (Lipinski definition) is 5. The predicted octanol–water partition coefficient (Wildman–Crippen LogP) is 1.47. The first-order valence-corrected chi connectivity index (χ1v) is 9.77. The topological polar surface area (TPSA) is 93.5 Å². The minimum absolute atomic E-state index is 0.00820. The van der Waals surface area contributed by atoms with Crippen LogP contribution in [0.4, 0.5) is 5.69 Å². The number of methoxy groups -OCH3 is 1. The number of carbonyl (C=O) groups excluding carboxylic acids is 1. The zero-order valence-electron chi connectivity index (χ0n) is 14.8. The summed E-state index contributed by atoms with van der Waals surface area (Å²) in [6.07, 6.45) is 4.19. The third-order valence-corrected chi connectivity index (χ3v) is 6.13. The van der Waals surface area contributed by atoms with Crippen LogP contribution in [0.5, 0.6) is 5.75 Å². The van der Waals surface area contributed by atoms with E-state index in [0.717, 1.165) is 0 Å². The van der Waals surface area contributed by atoms with Crippen molar-refractivity contribution in [1.29, 1.82) is 0 Å². The summed E-state index contributed by atoms with van der Waals surface area (Å²) in [5.41, 5.74) is 0.624. The van der Waals surface area contributed by atoms with Gasteiger partial charge in [0.15, 0.2) is 5.03 Å². The van der Waals surface area contributed by atoms with E-state index in [4.69, 9.17) is 4.74 Å². The molecule has 26 heavy (non-hydrogen) atoms. The molecule has 1 aliphatic heterocycles. The molecular weight excluding hydrogens is 356 g/mol. The molecule has 0 aliphatic carbocycles. The van der Waals surface area contributed by atoms with Gasteiger partial charge in [0, 0.05) is 38.1 Å². The fraction of sp³-hybridized carbons (Fsp3) is 0.412. The van der Waals surface area contributed by atoms with E-state index in [1.165, 1.54) is 16.8 Å². The number of nitrogens with one attached hydrogen (secondary N) is 1. The molecular formula is C17H22N4O4S. The van der Waals surface area contributed by atoms with Crippen LogP contribution < -0.4 is 10.1 Å². The van der Waals surface area contributed by atoms with E-state index in [1.54, 1.807) is 43.0 Å². The van der Waals surface area contributed by atoms with Gasteiger partial charge in [-0.25, -0.2) is 13.4 Å². The lowest BCUT2D eigenvalue weighted by molar-refractivity contribution is -0.120. The second-order valence-corrected chi connectivity index (χ2v) is 8.19. The highest BCUT2D eigenvalue weighted by Crippen LogP contribution is 2.24. The van der Waals surface area contributed by atoms with Crippen molar-refractivity contribution >= 4 is 21.6 Å². The summed E-state index contributed by atoms with van der Waals surface area (Å²) in [6.45, 7) is 0.538. The molecule has 0 saturated carbocycles. The lowest BCUT2D eigenvalue weighted by Crippen LogP contribution is -2.43. The molecule has 2 aromatic rings. The number of aromatic nitrogens is 2. The Labute approximate surface area is 152 Å². The number of piperidine rings is 1. The lowest BCUT2D eigenvalue weighted by atomic mass is 9.98. The van der Waals surface area contributed by atoms with E-state index in [1.807, 2.05) is 0 Å². The Hall–Kier alpha value is -2.39. The molecule has 0 radical (unpaired) electrons. The molecule has 3 rings (SSSR count). The number of sulfonamides is 1. The molecule has 1 N–H and O–H groups in total. The molecule has 1 aromatic heterocycles. The standard InChI is InChI=1S/C17H22N4O4S/c1-20-11-16(18-12-20)26(23,24)21-8-4-5-13(10-21)17(22)19-14-6-3-7-15(9-14)25-2/h3,6-7,9,11-13H,4-5,8,10H2,1-2H3,(H,19,22)/t13-/m1/s1. The minimum Gasteiger partial charge on any atom is -0.497 e. The lowest BCUT2D eigenvalue weighted by Gasteiger charge is -2.30. The van der Waals surface area contributed by atoms with Gasteiger partial charge in [0.05, 0.1) is 19.4 Å². The van der Waals surface area contributed by atoms with E-state index >= 15 is 0 Å². The summed E-state index contributed by atoms with van der Waals surface area (Å²) in [4.78, 5) is 16.5. The fourth-order valence-corrected chi connectivity index (χ4v) is 4.46. The van der Waals surface area contributed by atoms with Crippen molar-refractivity contribution in [3.8, 4) is 5.75 Å². The van der Waals surface area contributed by atoms with Crippen molar-refractivity contribution < 1.29 is 17.9 Å². The molecule has 140 valence electrons. The average Bonchev–Trinajstić information content (AvgIpc) is 3.09. The Morgan fingerprint density at radius 1 is 1.38 bits per heavy atom. The maximum atomic E-state index is 12.7. The fourth-order valence-electron chi connectivity index (χ4n) is 2.97. The quantitative estimate of drug-likeness (QED) is 0.850. The van der Waals surface area contributed by atoms with Crippen LogP contribution in [0.25, 0.3) is 0 Å². The molecule has 0 unspecified atom stereocenters. The van der Waals surface area contributed by atoms with Gasteiger partial charge in [-0.15, -0.1) is 0 Å². The SMILES string of the molecule is COc1cccc(NC(=O)[C@@H]2CCCN(S(=O)(=O)c3cn(C)cn3)C2)c1. The Kier molecular flexibility index (Phi) is 5.28. The van der Waals surface area contributed by atoms with Crippen LogP contribution in [-0.4, -0.2) is 48.4 Å². The summed E-state index contributed by atoms with van der Waals surface area (Å²) in [6, 6.07) is 7.07. The highest BCUT2D eigenvalue weighted by atomic mass is 32.2. The zero-order valence-corrected chi connectivity index (χ0v) is 15.6. The number of ether oxygens (including phenoxy) is 1. The highest BCUT2D eigenvalue weighted by molar-refractivity contribution is 7.89. The smallest absolute Gasteiger partial charge is 0.262 e. The van der Waals surface area contributed by atoms with Gasteiger partial charge in [0.2, 0.25) is 5.91 Å². The first kappa shape index (κ1) is 18.4. The molecule has 1 aliphatic rings. The Morgan fingerprint density at radius 2 is 2.19 bits per heavy atom. The summed E-state index contributed by atoms with van der Waals surface area (Å²) >= 11 is 0. The van der Waals surface area contributed by atoms with Gasteiger partial charge in [-0.3, -0.25) is 4.79 Å². The van der Waals surface area contributed by atoms with Crippen LogP contribution in [0, 0.1) is 5.92 Å². The van der Waals surface area contributed by atoms with Gasteiger partial charge < -0.3 is 14.6 Å². The molecule has 1 fully saturated rings. The molecule has 1 amide bonds. The van der Waals surface area contributed by atoms with E-state index in [0.29, 0.717) is 30.8 Å². The van der Waals surface area contributed by atoms with Crippen LogP contribution in [0.15, 0.2) is 41.8 Å². The number of anilines is 1. The van der Waals surface area contributed by atoms with Crippen LogP contribution in [0.3, 0.4) is 0 Å². The van der Waals surface area contributed by atoms with E-state index < -0.39 is 15.9 Å². The van der Waals surface area contributed by atoms with Crippen LogP contribution in [-0.2, 0) is 21.9 Å². The summed E-state index contributed by atoms with van der Waals surface area (Å²) in [5.74, 6) is 0.0402. The van der Waals surface area contributed by atoms with E-state index in [2.05, 4.69) is 10.3 Å². The maximum absolute atomic E-state index is 12.7. The van der Waals surface area contributed by atoms with Crippen LogP contribution in [0.1, 0.15) is 12.8 Å². The summed E-state index contributed by atoms with van der Waals surface area (Å²) in [7, 11) is -0.417. The largest absolute Gasteiger partial charge is 0.497 e. The van der Waals surface area contributed by atoms with Crippen molar-refractivity contribution in [3.05, 3.63) is 36.8 Å². The van der Waals surface area contributed by atoms with Crippen molar-refractivity contribution in [2.24, 2.45) is 13.0 Å². The molecule has 1 saturated heterocycles. The molecule has 9 heteroatoms. The second kappa shape index (κ2) is 7.46. The first-order chi connectivity index (χ1) is 12.4. The van der Waals surface area contributed by atoms with E-state index in [-0.39, 0.29) is 17.5 Å². The molecule has 0 spiro atoms. The van der Waals surface area contributed by atoms with Crippen molar-refractivity contribution in [2.45, 2.75) is 17.9 Å². The van der Waals surface area contributed by atoms with Gasteiger partial charge in [0.1, 0.15) is 5.75 Å². The normalized spacial score (nSPS) is 18.5. The average molecular weight is 378 g/mol. The number of imidazole rings is 1. The number of amides is 1. The van der Waals surface area contributed by atoms with Crippen molar-refractivity contribution in [1.82, 2.24) is 13.9 Å². The van der Waals surface area contributed by atoms with Gasteiger partial charge in [-0.1, -0.05) is 6.07 Å². The Morgan fingerprint density at radius 3 is 2.88 bits per heavy atom. The Bertz CT molecular complexity index is 894. The number of aryl methyl sites for hydroxylation is 1. The summed E-state index contributed by atoms with van der Waals surface area (Å²) < 4.78 is 33.5. The van der Waals surface area contributed by atoms with Crippen molar-refractivity contribution in [3.63, 3.8) is 0 Å².